The fourth-order valence-electron chi connectivity index (χ4n) is 5.54. The first-order valence-corrected chi connectivity index (χ1v) is 15.6. The zero-order valence-electron chi connectivity index (χ0n) is 24.1. The summed E-state index contributed by atoms with van der Waals surface area (Å²) in [5.41, 5.74) is 1.40. The molecule has 39 heavy (non-hydrogen) atoms. The predicted octanol–water partition coefficient (Wildman–Crippen LogP) is 4.19. The van der Waals surface area contributed by atoms with Gasteiger partial charge in [0.1, 0.15) is 17.7 Å². The van der Waals surface area contributed by atoms with Crippen molar-refractivity contribution in [3.63, 3.8) is 0 Å². The zero-order valence-corrected chi connectivity index (χ0v) is 25.0. The summed E-state index contributed by atoms with van der Waals surface area (Å²) in [6.07, 6.45) is 2.98. The number of hydrogen-bond acceptors (Lipinski definition) is 6. The van der Waals surface area contributed by atoms with Crippen molar-refractivity contribution in [2.75, 3.05) is 18.8 Å². The summed E-state index contributed by atoms with van der Waals surface area (Å²) in [5.74, 6) is 0.0196. The van der Waals surface area contributed by atoms with Gasteiger partial charge >= 0.3 is 6.09 Å². The Balaban J connectivity index is 1.63. The number of carbonyl (C=O) groups is 2. The molecule has 9 nitrogen and oxygen atoms in total. The van der Waals surface area contributed by atoms with Crippen LogP contribution in [0.4, 0.5) is 4.79 Å². The summed E-state index contributed by atoms with van der Waals surface area (Å²) in [6.45, 7) is 12.0. The monoisotopic (exact) mass is 560 g/mol. The smallest absolute Gasteiger partial charge is 0.411 e. The first kappa shape index (κ1) is 30.9. The number of piperidine rings is 2. The molecule has 3 rings (SSSR count). The van der Waals surface area contributed by atoms with Crippen molar-refractivity contribution in [1.29, 1.82) is 5.26 Å². The maximum Gasteiger partial charge on any atom is 0.411 e. The quantitative estimate of drug-likeness (QED) is 0.534. The van der Waals surface area contributed by atoms with E-state index in [1.165, 1.54) is 4.90 Å². The SMILES string of the molecule is CCS(=O)(=O)N1CCC(c2ccc(C[C@@H](C#N)NC(=O)[C@@H]3[C@H](C)CC[C@H](C)N3C(=O)OC(C)(C)C)cc2)CC1. The molecule has 0 bridgehead atoms. The Morgan fingerprint density at radius 3 is 2.26 bits per heavy atom. The summed E-state index contributed by atoms with van der Waals surface area (Å²) < 4.78 is 31.5. The molecule has 2 aliphatic rings. The Hall–Kier alpha value is -2.64. The highest BCUT2D eigenvalue weighted by Crippen LogP contribution is 2.31. The lowest BCUT2D eigenvalue weighted by Gasteiger charge is -2.43. The number of nitriles is 1. The minimum Gasteiger partial charge on any atom is -0.444 e. The second-order valence-electron chi connectivity index (χ2n) is 11.9. The van der Waals surface area contributed by atoms with Gasteiger partial charge in [-0.3, -0.25) is 9.69 Å². The fraction of sp³-hybridized carbons (Fsp3) is 0.690. The summed E-state index contributed by atoms with van der Waals surface area (Å²) >= 11 is 0. The Labute approximate surface area is 233 Å². The molecule has 2 amide bonds. The van der Waals surface area contributed by atoms with Gasteiger partial charge in [-0.1, -0.05) is 31.2 Å². The van der Waals surface area contributed by atoms with Crippen LogP contribution in [0, 0.1) is 17.2 Å². The second-order valence-corrected chi connectivity index (χ2v) is 14.2. The lowest BCUT2D eigenvalue weighted by molar-refractivity contribution is -0.131. The lowest BCUT2D eigenvalue weighted by atomic mass is 9.86. The van der Waals surface area contributed by atoms with Crippen molar-refractivity contribution >= 4 is 22.0 Å². The van der Waals surface area contributed by atoms with Gasteiger partial charge in [-0.15, -0.1) is 0 Å². The summed E-state index contributed by atoms with van der Waals surface area (Å²) in [5, 5.41) is 12.7. The molecule has 1 aromatic rings. The number of carbonyl (C=O) groups excluding carboxylic acids is 2. The third-order valence-electron chi connectivity index (χ3n) is 7.80. The molecule has 0 aliphatic carbocycles. The number of nitrogens with zero attached hydrogens (tertiary/aromatic N) is 3. The van der Waals surface area contributed by atoms with Gasteiger partial charge in [0.25, 0.3) is 0 Å². The molecule has 0 radical (unpaired) electrons. The lowest BCUT2D eigenvalue weighted by Crippen LogP contribution is -2.60. The molecule has 216 valence electrons. The van der Waals surface area contributed by atoms with Crippen molar-refractivity contribution in [2.45, 2.75) is 103 Å². The third kappa shape index (κ3) is 7.95. The Kier molecular flexibility index (Phi) is 10.1. The molecule has 0 unspecified atom stereocenters. The highest BCUT2D eigenvalue weighted by Gasteiger charge is 2.43. The topological polar surface area (TPSA) is 120 Å². The number of nitrogens with one attached hydrogen (secondary N) is 1. The Morgan fingerprint density at radius 2 is 1.72 bits per heavy atom. The van der Waals surface area contributed by atoms with Crippen LogP contribution in [0.2, 0.25) is 0 Å². The Morgan fingerprint density at radius 1 is 1.10 bits per heavy atom. The van der Waals surface area contributed by atoms with Gasteiger partial charge in [0.2, 0.25) is 15.9 Å². The van der Waals surface area contributed by atoms with E-state index in [0.29, 0.717) is 25.4 Å². The van der Waals surface area contributed by atoms with Gasteiger partial charge in [-0.2, -0.15) is 5.26 Å². The van der Waals surface area contributed by atoms with E-state index < -0.39 is 33.8 Å². The van der Waals surface area contributed by atoms with Crippen molar-refractivity contribution in [1.82, 2.24) is 14.5 Å². The van der Waals surface area contributed by atoms with E-state index in [1.807, 2.05) is 38.1 Å². The van der Waals surface area contributed by atoms with E-state index in [4.69, 9.17) is 4.74 Å². The Bertz CT molecular complexity index is 1150. The van der Waals surface area contributed by atoms with Gasteiger partial charge in [0.15, 0.2) is 0 Å². The van der Waals surface area contributed by atoms with Gasteiger partial charge in [-0.25, -0.2) is 17.5 Å². The zero-order chi connectivity index (χ0) is 29.0. The van der Waals surface area contributed by atoms with Crippen molar-refractivity contribution in [3.8, 4) is 6.07 Å². The molecule has 1 aromatic carbocycles. The van der Waals surface area contributed by atoms with Crippen LogP contribution in [0.15, 0.2) is 24.3 Å². The largest absolute Gasteiger partial charge is 0.444 e. The molecule has 4 atom stereocenters. The first-order chi connectivity index (χ1) is 18.3. The van der Waals surface area contributed by atoms with Crippen molar-refractivity contribution < 1.29 is 22.7 Å². The van der Waals surface area contributed by atoms with Crippen LogP contribution in [0.5, 0.6) is 0 Å². The number of rotatable bonds is 7. The van der Waals surface area contributed by atoms with E-state index >= 15 is 0 Å². The van der Waals surface area contributed by atoms with E-state index in [2.05, 4.69) is 11.4 Å². The molecule has 10 heteroatoms. The van der Waals surface area contributed by atoms with Crippen LogP contribution in [0.25, 0.3) is 0 Å². The maximum atomic E-state index is 13.4. The van der Waals surface area contributed by atoms with Gasteiger partial charge in [0.05, 0.1) is 11.8 Å². The maximum absolute atomic E-state index is 13.4. The molecule has 1 N–H and O–H groups in total. The minimum atomic E-state index is -3.15. The normalized spacial score (nSPS) is 24.0. The number of sulfonamides is 1. The predicted molar refractivity (Wildman–Crippen MR) is 150 cm³/mol. The standard InChI is InChI=1S/C29H44N4O5S/c1-7-39(36,37)32-16-14-24(15-17-32)23-12-10-22(11-13-23)18-25(19-30)31-27(34)26-20(2)8-9-21(3)33(26)28(35)38-29(4,5)6/h10-13,20-21,24-26H,7-9,14-18H2,1-6H3,(H,31,34)/t20-,21+,25+,26+/m1/s1. The summed E-state index contributed by atoms with van der Waals surface area (Å²) in [6, 6.07) is 8.63. The van der Waals surface area contributed by atoms with Crippen LogP contribution in [-0.4, -0.2) is 72.2 Å². The molecular weight excluding hydrogens is 516 g/mol. The molecule has 2 heterocycles. The van der Waals surface area contributed by atoms with Crippen molar-refractivity contribution in [2.24, 2.45) is 5.92 Å². The van der Waals surface area contributed by atoms with Crippen LogP contribution < -0.4 is 5.32 Å². The highest BCUT2D eigenvalue weighted by molar-refractivity contribution is 7.89. The molecular formula is C29H44N4O5S. The summed E-state index contributed by atoms with van der Waals surface area (Å²) in [4.78, 5) is 28.0. The van der Waals surface area contributed by atoms with Crippen LogP contribution in [0.1, 0.15) is 84.3 Å². The van der Waals surface area contributed by atoms with Crippen LogP contribution in [0.3, 0.4) is 0 Å². The van der Waals surface area contributed by atoms with E-state index in [1.54, 1.807) is 32.0 Å². The second kappa shape index (κ2) is 12.7. The molecule has 2 saturated heterocycles. The number of hydrogen-bond donors (Lipinski definition) is 1. The van der Waals surface area contributed by atoms with Gasteiger partial charge in [-0.05, 0) is 83.3 Å². The van der Waals surface area contributed by atoms with E-state index in [0.717, 1.165) is 36.8 Å². The average molecular weight is 561 g/mol. The summed E-state index contributed by atoms with van der Waals surface area (Å²) in [7, 11) is -3.15. The third-order valence-corrected chi connectivity index (χ3v) is 9.68. The van der Waals surface area contributed by atoms with Gasteiger partial charge in [0, 0.05) is 25.6 Å². The van der Waals surface area contributed by atoms with Gasteiger partial charge < -0.3 is 10.1 Å². The first-order valence-electron chi connectivity index (χ1n) is 14.0. The fourth-order valence-corrected chi connectivity index (χ4v) is 6.67. The number of likely N-dealkylation sites (tertiary alicyclic amines) is 1. The number of amides is 2. The van der Waals surface area contributed by atoms with Crippen molar-refractivity contribution in [3.05, 3.63) is 35.4 Å². The minimum absolute atomic E-state index is 0.0638. The molecule has 2 fully saturated rings. The number of ether oxygens (including phenoxy) is 1. The number of benzene rings is 1. The molecule has 0 spiro atoms. The van der Waals surface area contributed by atoms with Crippen LogP contribution >= 0.6 is 0 Å². The molecule has 2 aliphatic heterocycles. The van der Waals surface area contributed by atoms with E-state index in [9.17, 15) is 23.3 Å². The molecule has 0 saturated carbocycles. The van der Waals surface area contributed by atoms with E-state index in [-0.39, 0.29) is 23.6 Å². The molecule has 0 aromatic heterocycles. The highest BCUT2D eigenvalue weighted by atomic mass is 32.2. The van der Waals surface area contributed by atoms with Crippen LogP contribution in [-0.2, 0) is 26.0 Å². The average Bonchev–Trinajstić information content (AvgIpc) is 2.88.